The number of carbonyl (C=O) groups is 2. The average molecular weight is 241 g/mol. The zero-order valence-electron chi connectivity index (χ0n) is 9.91. The van der Waals surface area contributed by atoms with Gasteiger partial charge in [0, 0.05) is 25.6 Å². The maximum Gasteiger partial charge on any atom is 0.216 e. The minimum absolute atomic E-state index is 0.0598. The van der Waals surface area contributed by atoms with Crippen LogP contribution in [-0.4, -0.2) is 23.3 Å². The van der Waals surface area contributed by atoms with E-state index in [0.717, 1.165) is 12.8 Å². The summed E-state index contributed by atoms with van der Waals surface area (Å²) >= 11 is 1.24. The van der Waals surface area contributed by atoms with Gasteiger partial charge in [-0.15, -0.1) is 5.73 Å². The Kier molecular flexibility index (Phi) is 9.87. The fourth-order valence-electron chi connectivity index (χ4n) is 0.904. The minimum atomic E-state index is -0.0598. The molecule has 0 aliphatic heterocycles. The van der Waals surface area contributed by atoms with Crippen LogP contribution in [0.5, 0.6) is 0 Å². The molecule has 0 saturated heterocycles. The third-order valence-corrected chi connectivity index (χ3v) is 2.57. The van der Waals surface area contributed by atoms with Crippen LogP contribution in [0.15, 0.2) is 17.9 Å². The lowest BCUT2D eigenvalue weighted by Crippen LogP contribution is -2.22. The van der Waals surface area contributed by atoms with Crippen LogP contribution in [0.25, 0.3) is 0 Å². The van der Waals surface area contributed by atoms with Gasteiger partial charge in [0.25, 0.3) is 0 Å². The van der Waals surface area contributed by atoms with E-state index in [1.807, 2.05) is 6.08 Å². The number of thioether (sulfide) groups is 1. The Bertz CT molecular complexity index is 281. The lowest BCUT2D eigenvalue weighted by Gasteiger charge is -1.99. The maximum atomic E-state index is 11.3. The zero-order valence-corrected chi connectivity index (χ0v) is 10.7. The molecule has 0 spiro atoms. The molecule has 0 saturated carbocycles. The van der Waals surface area contributed by atoms with Crippen LogP contribution < -0.4 is 5.32 Å². The van der Waals surface area contributed by atoms with E-state index in [4.69, 9.17) is 0 Å². The Morgan fingerprint density at radius 3 is 2.75 bits per heavy atom. The van der Waals surface area contributed by atoms with E-state index < -0.39 is 0 Å². The number of hydrogen-bond acceptors (Lipinski definition) is 3. The molecular formula is C12H19NO2S. The molecule has 0 aliphatic carbocycles. The van der Waals surface area contributed by atoms with Crippen LogP contribution in [0.3, 0.4) is 0 Å². The Morgan fingerprint density at radius 2 is 2.12 bits per heavy atom. The Balaban J connectivity index is 3.51. The first-order chi connectivity index (χ1) is 7.66. The molecule has 16 heavy (non-hydrogen) atoms. The summed E-state index contributed by atoms with van der Waals surface area (Å²) in [6, 6.07) is 0. The highest BCUT2D eigenvalue weighted by Gasteiger charge is 1.99. The van der Waals surface area contributed by atoms with E-state index in [-0.39, 0.29) is 11.0 Å². The standard InChI is InChI=1S/C12H19NO2S/c1-3-4-5-6-7-8-12(15)16-10-9-13-11(2)14/h5,7H,3-4,8-10H2,1-2H3,(H,13,14). The molecule has 0 aromatic carbocycles. The molecule has 4 heteroatoms. The van der Waals surface area contributed by atoms with E-state index >= 15 is 0 Å². The van der Waals surface area contributed by atoms with E-state index in [1.54, 1.807) is 6.08 Å². The second-order valence-corrected chi connectivity index (χ2v) is 4.42. The first-order valence-corrected chi connectivity index (χ1v) is 6.44. The van der Waals surface area contributed by atoms with Gasteiger partial charge in [0.15, 0.2) is 5.12 Å². The summed E-state index contributed by atoms with van der Waals surface area (Å²) in [7, 11) is 0. The summed E-state index contributed by atoms with van der Waals surface area (Å²) in [5, 5.41) is 2.75. The molecule has 0 aromatic heterocycles. The van der Waals surface area contributed by atoms with Crippen LogP contribution >= 0.6 is 11.8 Å². The highest BCUT2D eigenvalue weighted by Crippen LogP contribution is 2.04. The normalized spacial score (nSPS) is 9.12. The smallest absolute Gasteiger partial charge is 0.216 e. The van der Waals surface area contributed by atoms with Gasteiger partial charge in [-0.3, -0.25) is 9.59 Å². The van der Waals surface area contributed by atoms with Crippen LogP contribution in [0.4, 0.5) is 0 Å². The molecule has 0 bridgehead atoms. The largest absolute Gasteiger partial charge is 0.356 e. The lowest BCUT2D eigenvalue weighted by molar-refractivity contribution is -0.118. The molecule has 0 radical (unpaired) electrons. The van der Waals surface area contributed by atoms with Crippen molar-refractivity contribution in [3.05, 3.63) is 17.9 Å². The Hall–Kier alpha value is -0.990. The molecule has 90 valence electrons. The highest BCUT2D eigenvalue weighted by atomic mass is 32.2. The van der Waals surface area contributed by atoms with Crippen molar-refractivity contribution in [2.24, 2.45) is 0 Å². The summed E-state index contributed by atoms with van der Waals surface area (Å²) in [4.78, 5) is 21.8. The average Bonchev–Trinajstić information content (AvgIpc) is 2.24. The predicted octanol–water partition coefficient (Wildman–Crippen LogP) is 2.28. The fourth-order valence-corrected chi connectivity index (χ4v) is 1.54. The number of hydrogen-bond donors (Lipinski definition) is 1. The van der Waals surface area contributed by atoms with Crippen molar-refractivity contribution in [1.82, 2.24) is 5.32 Å². The van der Waals surface area contributed by atoms with Crippen molar-refractivity contribution >= 4 is 22.8 Å². The molecule has 0 rings (SSSR count). The second-order valence-electron chi connectivity index (χ2n) is 3.27. The van der Waals surface area contributed by atoms with Crippen molar-refractivity contribution in [2.45, 2.75) is 33.1 Å². The summed E-state index contributed by atoms with van der Waals surface area (Å²) in [5.41, 5.74) is 2.97. The van der Waals surface area contributed by atoms with Gasteiger partial charge in [0.1, 0.15) is 0 Å². The van der Waals surface area contributed by atoms with Gasteiger partial charge in [-0.05, 0) is 18.6 Å². The van der Waals surface area contributed by atoms with Crippen LogP contribution in [0, 0.1) is 0 Å². The van der Waals surface area contributed by atoms with Gasteiger partial charge < -0.3 is 5.32 Å². The predicted molar refractivity (Wildman–Crippen MR) is 68.3 cm³/mol. The SMILES string of the molecule is CCCC=C=CCC(=O)SCCNC(C)=O. The molecular weight excluding hydrogens is 222 g/mol. The summed E-state index contributed by atoms with van der Waals surface area (Å²) in [6.45, 7) is 4.11. The van der Waals surface area contributed by atoms with Crippen LogP contribution in [0.1, 0.15) is 33.1 Å². The van der Waals surface area contributed by atoms with Crippen LogP contribution in [-0.2, 0) is 9.59 Å². The first-order valence-electron chi connectivity index (χ1n) is 5.46. The van der Waals surface area contributed by atoms with Gasteiger partial charge in [-0.25, -0.2) is 0 Å². The van der Waals surface area contributed by atoms with Crippen molar-refractivity contribution in [1.29, 1.82) is 0 Å². The molecule has 0 aromatic rings. The van der Waals surface area contributed by atoms with E-state index in [9.17, 15) is 9.59 Å². The van der Waals surface area contributed by atoms with Gasteiger partial charge in [0.2, 0.25) is 5.91 Å². The quantitative estimate of drug-likeness (QED) is 0.549. The van der Waals surface area contributed by atoms with Gasteiger partial charge in [-0.1, -0.05) is 25.1 Å². The number of carbonyl (C=O) groups excluding carboxylic acids is 2. The monoisotopic (exact) mass is 241 g/mol. The topological polar surface area (TPSA) is 46.2 Å². The molecule has 0 atom stereocenters. The van der Waals surface area contributed by atoms with Crippen molar-refractivity contribution in [3.63, 3.8) is 0 Å². The maximum absolute atomic E-state index is 11.3. The number of unbranched alkanes of at least 4 members (excludes halogenated alkanes) is 1. The van der Waals surface area contributed by atoms with Crippen molar-refractivity contribution in [3.8, 4) is 0 Å². The number of allylic oxidation sites excluding steroid dienone is 1. The second kappa shape index (κ2) is 10.5. The van der Waals surface area contributed by atoms with E-state index in [1.165, 1.54) is 18.7 Å². The summed E-state index contributed by atoms with van der Waals surface area (Å²) in [5.74, 6) is 0.570. The number of amides is 1. The van der Waals surface area contributed by atoms with Gasteiger partial charge in [0.05, 0.1) is 0 Å². The molecule has 1 amide bonds. The minimum Gasteiger partial charge on any atom is -0.356 e. The van der Waals surface area contributed by atoms with Gasteiger partial charge >= 0.3 is 0 Å². The summed E-state index contributed by atoms with van der Waals surface area (Å²) < 4.78 is 0. The molecule has 3 nitrogen and oxygen atoms in total. The van der Waals surface area contributed by atoms with E-state index in [0.29, 0.717) is 18.7 Å². The molecule has 0 heterocycles. The van der Waals surface area contributed by atoms with E-state index in [2.05, 4.69) is 18.0 Å². The van der Waals surface area contributed by atoms with Crippen molar-refractivity contribution < 1.29 is 9.59 Å². The number of nitrogens with one attached hydrogen (secondary N) is 1. The zero-order chi connectivity index (χ0) is 12.2. The van der Waals surface area contributed by atoms with Crippen molar-refractivity contribution in [2.75, 3.05) is 12.3 Å². The number of rotatable bonds is 7. The van der Waals surface area contributed by atoms with Gasteiger partial charge in [-0.2, -0.15) is 0 Å². The lowest BCUT2D eigenvalue weighted by atomic mass is 10.3. The Labute approximate surface area is 101 Å². The van der Waals surface area contributed by atoms with Crippen LogP contribution in [0.2, 0.25) is 0 Å². The molecule has 0 aliphatic rings. The highest BCUT2D eigenvalue weighted by molar-refractivity contribution is 8.13. The molecule has 0 fully saturated rings. The third kappa shape index (κ3) is 11.1. The Morgan fingerprint density at radius 1 is 1.38 bits per heavy atom. The molecule has 1 N–H and O–H groups in total. The summed E-state index contributed by atoms with van der Waals surface area (Å²) in [6.07, 6.45) is 6.20. The third-order valence-electron chi connectivity index (χ3n) is 1.68. The first kappa shape index (κ1) is 15.0. The fraction of sp³-hybridized carbons (Fsp3) is 0.583. The molecule has 0 unspecified atom stereocenters.